The van der Waals surface area contributed by atoms with Crippen molar-refractivity contribution in [2.45, 2.75) is 249 Å². The van der Waals surface area contributed by atoms with Gasteiger partial charge in [-0.25, -0.2) is 0 Å². The minimum atomic E-state index is 0.485. The van der Waals surface area contributed by atoms with Crippen LogP contribution in [-0.2, 0) is 12.8 Å². The molecule has 4 unspecified atom stereocenters. The summed E-state index contributed by atoms with van der Waals surface area (Å²) in [6.45, 7) is 29.0. The highest BCUT2D eigenvalue weighted by atomic mass is 15.1. The minimum Gasteiger partial charge on any atom is -0.303 e. The molecule has 4 atom stereocenters. The van der Waals surface area contributed by atoms with E-state index in [1.54, 1.807) is 33.4 Å². The number of fused-ring (bicyclic) bond motifs is 1. The van der Waals surface area contributed by atoms with E-state index in [4.69, 9.17) is 0 Å². The van der Waals surface area contributed by atoms with E-state index in [9.17, 15) is 0 Å². The number of allylic oxidation sites excluding steroid dienone is 4. The van der Waals surface area contributed by atoms with Crippen molar-refractivity contribution in [3.63, 3.8) is 0 Å². The first kappa shape index (κ1) is 46.7. The molecule has 1 aliphatic heterocycles. The summed E-state index contributed by atoms with van der Waals surface area (Å²) in [6.07, 6.45) is 37.6. The second kappa shape index (κ2) is 23.0. The second-order valence-electron chi connectivity index (χ2n) is 21.9. The van der Waals surface area contributed by atoms with Gasteiger partial charge in [0.2, 0.25) is 0 Å². The molecule has 57 heavy (non-hydrogen) atoms. The number of likely N-dealkylation sites (tertiary alicyclic amines) is 1. The van der Waals surface area contributed by atoms with Gasteiger partial charge in [-0.05, 0) is 218 Å². The molecule has 3 aliphatic carbocycles. The Balaban J connectivity index is 1.16. The molecule has 0 bridgehead atoms. The summed E-state index contributed by atoms with van der Waals surface area (Å²) in [6, 6.07) is 0. The molecule has 0 radical (unpaired) electrons. The lowest BCUT2D eigenvalue weighted by Crippen LogP contribution is -2.34. The van der Waals surface area contributed by atoms with Gasteiger partial charge < -0.3 is 4.90 Å². The fourth-order valence-corrected chi connectivity index (χ4v) is 12.2. The van der Waals surface area contributed by atoms with Gasteiger partial charge in [0.1, 0.15) is 0 Å². The highest BCUT2D eigenvalue weighted by molar-refractivity contribution is 5.54. The quantitative estimate of drug-likeness (QED) is 0.0789. The first-order valence-corrected chi connectivity index (χ1v) is 25.6. The van der Waals surface area contributed by atoms with Crippen LogP contribution in [0.1, 0.15) is 248 Å². The maximum absolute atomic E-state index is 2.71. The first-order chi connectivity index (χ1) is 27.4. The fourth-order valence-electron chi connectivity index (χ4n) is 12.2. The van der Waals surface area contributed by atoms with Crippen LogP contribution in [0.25, 0.3) is 0 Å². The average Bonchev–Trinajstić information content (AvgIpc) is 3.30. The van der Waals surface area contributed by atoms with E-state index >= 15 is 0 Å². The SMILES string of the molecule is CCCN1CCC(CCCC(CCC(=C2CCC2)C(C)c2c(C)c(C)c3c(c2C)CCC(C)(CCCC(C)CCCC(C)CCCC(C)C)CC3)=C2CCC2)CC1. The topological polar surface area (TPSA) is 3.24 Å². The molecule has 1 aromatic carbocycles. The number of nitrogens with zero attached hydrogens (tertiary/aromatic N) is 1. The Kier molecular flexibility index (Phi) is 18.9. The predicted molar refractivity (Wildman–Crippen MR) is 253 cm³/mol. The van der Waals surface area contributed by atoms with Crippen LogP contribution in [0, 0.1) is 49.9 Å². The summed E-state index contributed by atoms with van der Waals surface area (Å²) in [5.41, 5.74) is 18.1. The normalized spacial score (nSPS) is 22.2. The molecule has 0 amide bonds. The standard InChI is InChI=1S/C56H95N/c1-11-38-57-39-33-48(34-40-57)23-14-24-50(49-25-15-26-49)29-30-52(51-27-16-28-51)46(8)55-45(7)44(6)53-31-36-56(10,37-32-54(53)47(55)9)35-17-22-43(5)21-13-20-42(4)19-12-18-41(2)3/h41-43,46,48H,11-40H2,1-10H3. The fraction of sp³-hybridized carbons (Fsp3) is 0.821. The van der Waals surface area contributed by atoms with Crippen LogP contribution in [0.5, 0.6) is 0 Å². The summed E-state index contributed by atoms with van der Waals surface area (Å²) < 4.78 is 0. The van der Waals surface area contributed by atoms with E-state index in [2.05, 4.69) is 74.1 Å². The number of hydrogen-bond acceptors (Lipinski definition) is 1. The van der Waals surface area contributed by atoms with Crippen molar-refractivity contribution in [2.24, 2.45) is 29.1 Å². The van der Waals surface area contributed by atoms with Crippen LogP contribution in [0.2, 0.25) is 0 Å². The molecule has 1 nitrogen and oxygen atoms in total. The van der Waals surface area contributed by atoms with E-state index in [1.807, 2.05) is 22.3 Å². The third kappa shape index (κ3) is 13.6. The molecule has 1 heteroatoms. The van der Waals surface area contributed by atoms with Crippen molar-refractivity contribution in [3.05, 3.63) is 55.7 Å². The van der Waals surface area contributed by atoms with Gasteiger partial charge in [0.15, 0.2) is 0 Å². The lowest BCUT2D eigenvalue weighted by atomic mass is 9.74. The van der Waals surface area contributed by atoms with Crippen LogP contribution < -0.4 is 0 Å². The lowest BCUT2D eigenvalue weighted by molar-refractivity contribution is 0.178. The monoisotopic (exact) mass is 782 g/mol. The zero-order valence-corrected chi connectivity index (χ0v) is 40.0. The van der Waals surface area contributed by atoms with E-state index in [0.717, 1.165) is 23.7 Å². The summed E-state index contributed by atoms with van der Waals surface area (Å²) in [5.74, 6) is 4.19. The first-order valence-electron chi connectivity index (χ1n) is 25.6. The molecule has 4 aliphatic rings. The molecule has 324 valence electrons. The maximum Gasteiger partial charge on any atom is 0.00280 e. The van der Waals surface area contributed by atoms with E-state index in [1.165, 1.54) is 193 Å². The molecule has 0 aromatic heterocycles. The summed E-state index contributed by atoms with van der Waals surface area (Å²) >= 11 is 0. The van der Waals surface area contributed by atoms with Crippen molar-refractivity contribution < 1.29 is 0 Å². The van der Waals surface area contributed by atoms with Crippen LogP contribution in [0.15, 0.2) is 22.3 Å². The Morgan fingerprint density at radius 1 is 0.649 bits per heavy atom. The van der Waals surface area contributed by atoms with Crippen LogP contribution in [0.3, 0.4) is 0 Å². The molecule has 2 saturated carbocycles. The van der Waals surface area contributed by atoms with Crippen molar-refractivity contribution >= 4 is 0 Å². The summed E-state index contributed by atoms with van der Waals surface area (Å²) in [7, 11) is 0. The van der Waals surface area contributed by atoms with Crippen LogP contribution in [0.4, 0.5) is 0 Å². The maximum atomic E-state index is 2.71. The Morgan fingerprint density at radius 3 is 1.79 bits per heavy atom. The smallest absolute Gasteiger partial charge is 0.00280 e. The van der Waals surface area contributed by atoms with Crippen molar-refractivity contribution in [1.29, 1.82) is 0 Å². The predicted octanol–water partition coefficient (Wildman–Crippen LogP) is 17.1. The van der Waals surface area contributed by atoms with Crippen LogP contribution >= 0.6 is 0 Å². The zero-order chi connectivity index (χ0) is 41.0. The van der Waals surface area contributed by atoms with Gasteiger partial charge in [0.25, 0.3) is 0 Å². The largest absolute Gasteiger partial charge is 0.303 e. The third-order valence-corrected chi connectivity index (χ3v) is 16.8. The Morgan fingerprint density at radius 2 is 1.23 bits per heavy atom. The second-order valence-corrected chi connectivity index (χ2v) is 21.9. The van der Waals surface area contributed by atoms with Gasteiger partial charge in [0.05, 0.1) is 0 Å². The molecule has 1 heterocycles. The molecule has 0 spiro atoms. The van der Waals surface area contributed by atoms with Gasteiger partial charge in [-0.1, -0.05) is 129 Å². The Hall–Kier alpha value is -1.34. The van der Waals surface area contributed by atoms with Gasteiger partial charge in [-0.3, -0.25) is 0 Å². The number of hydrogen-bond donors (Lipinski definition) is 0. The third-order valence-electron chi connectivity index (χ3n) is 16.8. The van der Waals surface area contributed by atoms with Crippen molar-refractivity contribution in [2.75, 3.05) is 19.6 Å². The van der Waals surface area contributed by atoms with Gasteiger partial charge >= 0.3 is 0 Å². The molecular formula is C56H95N. The molecular weight excluding hydrogens is 687 g/mol. The van der Waals surface area contributed by atoms with E-state index in [0.29, 0.717) is 11.3 Å². The highest BCUT2D eigenvalue weighted by Crippen LogP contribution is 2.47. The molecule has 0 N–H and O–H groups in total. The average molecular weight is 782 g/mol. The Bertz CT molecular complexity index is 1430. The lowest BCUT2D eigenvalue weighted by Gasteiger charge is -2.32. The van der Waals surface area contributed by atoms with Gasteiger partial charge in [-0.15, -0.1) is 0 Å². The number of piperidine rings is 1. The van der Waals surface area contributed by atoms with E-state index < -0.39 is 0 Å². The summed E-state index contributed by atoms with van der Waals surface area (Å²) in [4.78, 5) is 2.71. The van der Waals surface area contributed by atoms with Crippen LogP contribution in [-0.4, -0.2) is 24.5 Å². The zero-order valence-electron chi connectivity index (χ0n) is 40.0. The minimum absolute atomic E-state index is 0.485. The van der Waals surface area contributed by atoms with Gasteiger partial charge in [-0.2, -0.15) is 0 Å². The van der Waals surface area contributed by atoms with Gasteiger partial charge in [0, 0.05) is 5.92 Å². The Labute approximate surface area is 356 Å². The number of rotatable bonds is 23. The summed E-state index contributed by atoms with van der Waals surface area (Å²) in [5, 5.41) is 0. The highest BCUT2D eigenvalue weighted by Gasteiger charge is 2.32. The number of benzene rings is 1. The van der Waals surface area contributed by atoms with Crippen molar-refractivity contribution in [3.8, 4) is 0 Å². The molecule has 1 saturated heterocycles. The molecule has 1 aromatic rings. The molecule has 5 rings (SSSR count). The van der Waals surface area contributed by atoms with E-state index in [-0.39, 0.29) is 0 Å². The van der Waals surface area contributed by atoms with Crippen molar-refractivity contribution in [1.82, 2.24) is 4.90 Å². The molecule has 3 fully saturated rings.